The Morgan fingerprint density at radius 3 is 2.50 bits per heavy atom. The highest BCUT2D eigenvalue weighted by atomic mass is 16.5. The Morgan fingerprint density at radius 2 is 2.14 bits per heavy atom. The molecule has 0 aromatic heterocycles. The third-order valence-electron chi connectivity index (χ3n) is 2.46. The van der Waals surface area contributed by atoms with Crippen molar-refractivity contribution in [3.8, 4) is 0 Å². The number of nitrogens with two attached hydrogens (primary N) is 1. The molecular weight excluding hydrogens is 176 g/mol. The van der Waals surface area contributed by atoms with Crippen LogP contribution in [0.15, 0.2) is 12.7 Å². The molecule has 0 amide bonds. The van der Waals surface area contributed by atoms with Crippen molar-refractivity contribution in [3.05, 3.63) is 12.7 Å². The minimum atomic E-state index is 0.185. The first-order valence-corrected chi connectivity index (χ1v) is 5.27. The van der Waals surface area contributed by atoms with Crippen LogP contribution in [0.4, 0.5) is 0 Å². The molecule has 0 aliphatic heterocycles. The normalized spacial score (nSPS) is 15.5. The molecule has 0 spiro atoms. The Balaban J connectivity index is 4.00. The van der Waals surface area contributed by atoms with E-state index in [1.165, 1.54) is 0 Å². The van der Waals surface area contributed by atoms with Crippen LogP contribution in [-0.2, 0) is 4.74 Å². The van der Waals surface area contributed by atoms with E-state index in [0.717, 1.165) is 19.3 Å². The van der Waals surface area contributed by atoms with Gasteiger partial charge in [-0.05, 0) is 25.2 Å². The maximum absolute atomic E-state index is 5.51. The number of allylic oxidation sites excluding steroid dienone is 1. The van der Waals surface area contributed by atoms with Crippen LogP contribution >= 0.6 is 0 Å². The Bertz CT molecular complexity index is 148. The highest BCUT2D eigenvalue weighted by Crippen LogP contribution is 2.14. The molecule has 0 aliphatic carbocycles. The predicted octanol–water partition coefficient (Wildman–Crippen LogP) is 1.85. The molecule has 0 saturated carbocycles. The lowest BCUT2D eigenvalue weighted by molar-refractivity contribution is 0.0302. The van der Waals surface area contributed by atoms with Gasteiger partial charge < -0.3 is 4.74 Å². The molecule has 0 aliphatic rings. The third-order valence-corrected chi connectivity index (χ3v) is 2.46. The molecule has 3 N–H and O–H groups in total. The zero-order valence-electron chi connectivity index (χ0n) is 9.62. The van der Waals surface area contributed by atoms with Crippen molar-refractivity contribution in [3.63, 3.8) is 0 Å². The number of hydrogen-bond donors (Lipinski definition) is 2. The SMILES string of the molecule is C=CCCCC(NN)C(OC)C(C)C. The lowest BCUT2D eigenvalue weighted by Gasteiger charge is -2.28. The highest BCUT2D eigenvalue weighted by Gasteiger charge is 2.22. The van der Waals surface area contributed by atoms with Crippen LogP contribution in [0.3, 0.4) is 0 Å². The van der Waals surface area contributed by atoms with Crippen molar-refractivity contribution < 1.29 is 4.74 Å². The van der Waals surface area contributed by atoms with Crippen LogP contribution in [0.2, 0.25) is 0 Å². The molecule has 3 nitrogen and oxygen atoms in total. The zero-order chi connectivity index (χ0) is 11.0. The fourth-order valence-corrected chi connectivity index (χ4v) is 1.73. The number of hydrogen-bond acceptors (Lipinski definition) is 3. The molecule has 0 radical (unpaired) electrons. The molecular formula is C11H24N2O. The average Bonchev–Trinajstić information content (AvgIpc) is 2.16. The van der Waals surface area contributed by atoms with Crippen LogP contribution in [-0.4, -0.2) is 19.3 Å². The van der Waals surface area contributed by atoms with E-state index >= 15 is 0 Å². The van der Waals surface area contributed by atoms with Gasteiger partial charge in [-0.3, -0.25) is 11.3 Å². The van der Waals surface area contributed by atoms with Crippen LogP contribution in [0.5, 0.6) is 0 Å². The molecule has 0 bridgehead atoms. The summed E-state index contributed by atoms with van der Waals surface area (Å²) >= 11 is 0. The summed E-state index contributed by atoms with van der Waals surface area (Å²) in [5.74, 6) is 5.99. The van der Waals surface area contributed by atoms with Gasteiger partial charge in [-0.15, -0.1) is 6.58 Å². The summed E-state index contributed by atoms with van der Waals surface area (Å²) in [5.41, 5.74) is 2.83. The van der Waals surface area contributed by atoms with Crippen molar-refractivity contribution in [2.75, 3.05) is 7.11 Å². The summed E-state index contributed by atoms with van der Waals surface area (Å²) in [6.45, 7) is 7.99. The largest absolute Gasteiger partial charge is 0.380 e. The molecule has 0 saturated heterocycles. The van der Waals surface area contributed by atoms with E-state index in [9.17, 15) is 0 Å². The van der Waals surface area contributed by atoms with E-state index in [0.29, 0.717) is 5.92 Å². The van der Waals surface area contributed by atoms with Gasteiger partial charge in [0.15, 0.2) is 0 Å². The number of hydrazine groups is 1. The lowest BCUT2D eigenvalue weighted by atomic mass is 9.96. The van der Waals surface area contributed by atoms with Gasteiger partial charge in [-0.1, -0.05) is 19.9 Å². The summed E-state index contributed by atoms with van der Waals surface area (Å²) in [6, 6.07) is 0.236. The van der Waals surface area contributed by atoms with Crippen molar-refractivity contribution in [1.82, 2.24) is 5.43 Å². The summed E-state index contributed by atoms with van der Waals surface area (Å²) in [6.07, 6.45) is 5.28. The number of rotatable bonds is 8. The second kappa shape index (κ2) is 7.97. The van der Waals surface area contributed by atoms with Gasteiger partial charge >= 0.3 is 0 Å². The quantitative estimate of drug-likeness (QED) is 0.272. The van der Waals surface area contributed by atoms with E-state index in [-0.39, 0.29) is 12.1 Å². The predicted molar refractivity (Wildman–Crippen MR) is 60.8 cm³/mol. The van der Waals surface area contributed by atoms with E-state index < -0.39 is 0 Å². The first-order chi connectivity index (χ1) is 6.67. The van der Waals surface area contributed by atoms with Gasteiger partial charge in [0.1, 0.15) is 0 Å². The molecule has 14 heavy (non-hydrogen) atoms. The van der Waals surface area contributed by atoms with Gasteiger partial charge in [0, 0.05) is 13.2 Å². The van der Waals surface area contributed by atoms with Crippen LogP contribution in [0.25, 0.3) is 0 Å². The lowest BCUT2D eigenvalue weighted by Crippen LogP contribution is -2.47. The molecule has 0 fully saturated rings. The number of ether oxygens (including phenoxy) is 1. The fourth-order valence-electron chi connectivity index (χ4n) is 1.73. The number of nitrogens with one attached hydrogen (secondary N) is 1. The third kappa shape index (κ3) is 4.74. The fraction of sp³-hybridized carbons (Fsp3) is 0.818. The van der Waals surface area contributed by atoms with E-state index in [4.69, 9.17) is 10.6 Å². The van der Waals surface area contributed by atoms with E-state index in [1.54, 1.807) is 7.11 Å². The number of methoxy groups -OCH3 is 1. The van der Waals surface area contributed by atoms with Gasteiger partial charge in [-0.25, -0.2) is 0 Å². The summed E-state index contributed by atoms with van der Waals surface area (Å²) in [5, 5.41) is 0. The zero-order valence-corrected chi connectivity index (χ0v) is 9.62. The van der Waals surface area contributed by atoms with Gasteiger partial charge in [0.05, 0.1) is 6.10 Å². The van der Waals surface area contributed by atoms with Crippen molar-refractivity contribution >= 4 is 0 Å². The first-order valence-electron chi connectivity index (χ1n) is 5.27. The molecule has 0 aromatic carbocycles. The van der Waals surface area contributed by atoms with Gasteiger partial charge in [-0.2, -0.15) is 0 Å². The van der Waals surface area contributed by atoms with E-state index in [2.05, 4.69) is 25.9 Å². The Labute approximate surface area is 87.7 Å². The Morgan fingerprint density at radius 1 is 1.50 bits per heavy atom. The Kier molecular flexibility index (Phi) is 7.76. The number of unbranched alkanes of at least 4 members (excludes halogenated alkanes) is 1. The monoisotopic (exact) mass is 200 g/mol. The minimum absolute atomic E-state index is 0.185. The van der Waals surface area contributed by atoms with Crippen LogP contribution < -0.4 is 11.3 Å². The molecule has 84 valence electrons. The second-order valence-electron chi connectivity index (χ2n) is 3.94. The maximum atomic E-state index is 5.51. The summed E-state index contributed by atoms with van der Waals surface area (Å²) in [4.78, 5) is 0. The summed E-state index contributed by atoms with van der Waals surface area (Å²) in [7, 11) is 1.74. The van der Waals surface area contributed by atoms with Crippen molar-refractivity contribution in [1.29, 1.82) is 0 Å². The molecule has 2 atom stereocenters. The van der Waals surface area contributed by atoms with Crippen LogP contribution in [0, 0.1) is 5.92 Å². The van der Waals surface area contributed by atoms with E-state index in [1.807, 2.05) is 6.08 Å². The smallest absolute Gasteiger partial charge is 0.0760 e. The molecule has 3 heteroatoms. The molecule has 0 aromatic rings. The molecule has 0 rings (SSSR count). The standard InChI is InChI=1S/C11H24N2O/c1-5-6-7-8-10(13-12)11(14-4)9(2)3/h5,9-11,13H,1,6-8,12H2,2-4H3. The topological polar surface area (TPSA) is 47.3 Å². The first kappa shape index (κ1) is 13.6. The highest BCUT2D eigenvalue weighted by molar-refractivity contribution is 4.79. The molecule has 2 unspecified atom stereocenters. The molecule has 0 heterocycles. The average molecular weight is 200 g/mol. The Hall–Kier alpha value is -0.380. The summed E-state index contributed by atoms with van der Waals surface area (Å²) < 4.78 is 5.43. The maximum Gasteiger partial charge on any atom is 0.0760 e. The van der Waals surface area contributed by atoms with Gasteiger partial charge in [0.2, 0.25) is 0 Å². The van der Waals surface area contributed by atoms with Crippen molar-refractivity contribution in [2.45, 2.75) is 45.3 Å². The second-order valence-corrected chi connectivity index (χ2v) is 3.94. The van der Waals surface area contributed by atoms with Crippen LogP contribution in [0.1, 0.15) is 33.1 Å². The minimum Gasteiger partial charge on any atom is -0.380 e. The van der Waals surface area contributed by atoms with Crippen molar-refractivity contribution in [2.24, 2.45) is 11.8 Å². The van der Waals surface area contributed by atoms with Gasteiger partial charge in [0.25, 0.3) is 0 Å².